The number of aromatic nitrogens is 3. The first-order valence-electron chi connectivity index (χ1n) is 11.8. The predicted octanol–water partition coefficient (Wildman–Crippen LogP) is 4.28. The Bertz CT molecular complexity index is 1310. The highest BCUT2D eigenvalue weighted by Crippen LogP contribution is 2.36. The first-order valence-corrected chi connectivity index (χ1v) is 11.8. The van der Waals surface area contributed by atoms with E-state index in [0.717, 1.165) is 16.7 Å². The third-order valence-electron chi connectivity index (χ3n) is 7.13. The number of aliphatic carboxylic acids is 1. The number of nitrogens with one attached hydrogen (secondary N) is 1. The normalized spacial score (nSPS) is 20.5. The fourth-order valence-corrected chi connectivity index (χ4v) is 5.15. The van der Waals surface area contributed by atoms with Gasteiger partial charge in [-0.15, -0.1) is 0 Å². The lowest BCUT2D eigenvalue weighted by atomic mass is 9.81. The number of hydrogen-bond acceptors (Lipinski definition) is 5. The van der Waals surface area contributed by atoms with Crippen LogP contribution < -0.4 is 4.74 Å². The van der Waals surface area contributed by atoms with Crippen LogP contribution in [0.5, 0.6) is 5.75 Å². The van der Waals surface area contributed by atoms with Gasteiger partial charge in [0.05, 0.1) is 18.7 Å². The summed E-state index contributed by atoms with van der Waals surface area (Å²) < 4.78 is 19.4. The van der Waals surface area contributed by atoms with Crippen molar-refractivity contribution >= 4 is 28.5 Å². The fourth-order valence-electron chi connectivity index (χ4n) is 5.15. The number of benzene rings is 1. The average molecular weight is 479 g/mol. The summed E-state index contributed by atoms with van der Waals surface area (Å²) in [6.45, 7) is 1.12. The van der Waals surface area contributed by atoms with Crippen LogP contribution in [-0.2, 0) is 9.59 Å². The Morgan fingerprint density at radius 3 is 2.60 bits per heavy atom. The van der Waals surface area contributed by atoms with Gasteiger partial charge < -0.3 is 19.7 Å². The molecule has 9 heteroatoms. The quantitative estimate of drug-likeness (QED) is 0.567. The standard InChI is InChI=1S/C26H27FN4O4/c1-35-22-7-6-18(27)12-19(22)23-20-13-21(30-24(20)29-14-28-23)15-8-10-31(11-9-15)25(32)16-2-4-17(5-3-16)26(33)34/h6-8,12-14,16-17H,2-5,9-11H2,1H3,(H,33,34)(H,28,29,30). The summed E-state index contributed by atoms with van der Waals surface area (Å²) in [6, 6.07) is 6.29. The van der Waals surface area contributed by atoms with Crippen LogP contribution in [0.3, 0.4) is 0 Å². The van der Waals surface area contributed by atoms with Crippen LogP contribution >= 0.6 is 0 Å². The predicted molar refractivity (Wildman–Crippen MR) is 128 cm³/mol. The van der Waals surface area contributed by atoms with Gasteiger partial charge in [-0.05, 0) is 61.9 Å². The Balaban J connectivity index is 1.34. The van der Waals surface area contributed by atoms with Gasteiger partial charge in [-0.1, -0.05) is 6.08 Å². The molecule has 0 saturated heterocycles. The molecule has 1 aliphatic carbocycles. The maximum atomic E-state index is 14.0. The van der Waals surface area contributed by atoms with E-state index in [4.69, 9.17) is 4.74 Å². The molecule has 2 aromatic heterocycles. The minimum absolute atomic E-state index is 0.0901. The van der Waals surface area contributed by atoms with E-state index in [-0.39, 0.29) is 23.6 Å². The first-order chi connectivity index (χ1) is 16.9. The number of methoxy groups -OCH3 is 1. The van der Waals surface area contributed by atoms with E-state index < -0.39 is 5.97 Å². The fraction of sp³-hybridized carbons (Fsp3) is 0.385. The highest BCUT2D eigenvalue weighted by Gasteiger charge is 2.32. The molecule has 3 aromatic rings. The van der Waals surface area contributed by atoms with Gasteiger partial charge in [0.1, 0.15) is 23.5 Å². The summed E-state index contributed by atoms with van der Waals surface area (Å²) in [6.07, 6.45) is 6.58. The number of hydrogen-bond donors (Lipinski definition) is 2. The number of halogens is 1. The van der Waals surface area contributed by atoms with Crippen LogP contribution in [0, 0.1) is 17.7 Å². The Morgan fingerprint density at radius 1 is 1.14 bits per heavy atom. The largest absolute Gasteiger partial charge is 0.496 e. The molecule has 0 bridgehead atoms. The number of carbonyl (C=O) groups is 2. The number of carboxylic acids is 1. The third kappa shape index (κ3) is 4.50. The molecule has 0 radical (unpaired) electrons. The van der Waals surface area contributed by atoms with Gasteiger partial charge in [0.25, 0.3) is 0 Å². The number of carboxylic acid groups (broad SMARTS) is 1. The van der Waals surface area contributed by atoms with Gasteiger partial charge in [-0.2, -0.15) is 0 Å². The van der Waals surface area contributed by atoms with Gasteiger partial charge in [0.2, 0.25) is 5.91 Å². The molecule has 0 atom stereocenters. The molecule has 1 saturated carbocycles. The summed E-state index contributed by atoms with van der Waals surface area (Å²) in [5.74, 6) is -0.908. The van der Waals surface area contributed by atoms with E-state index in [1.54, 1.807) is 6.07 Å². The molecule has 5 rings (SSSR count). The van der Waals surface area contributed by atoms with Gasteiger partial charge in [0.15, 0.2) is 0 Å². The number of rotatable bonds is 5. The van der Waals surface area contributed by atoms with E-state index >= 15 is 0 Å². The molecule has 35 heavy (non-hydrogen) atoms. The lowest BCUT2D eigenvalue weighted by molar-refractivity contribution is -0.145. The van der Waals surface area contributed by atoms with Crippen molar-refractivity contribution in [1.82, 2.24) is 19.9 Å². The molecule has 182 valence electrons. The Kier molecular flexibility index (Phi) is 6.23. The first kappa shape index (κ1) is 23.0. The molecule has 1 aromatic carbocycles. The maximum absolute atomic E-state index is 14.0. The minimum Gasteiger partial charge on any atom is -0.496 e. The zero-order valence-electron chi connectivity index (χ0n) is 19.5. The van der Waals surface area contributed by atoms with Crippen LogP contribution in [0.1, 0.15) is 37.8 Å². The zero-order chi connectivity index (χ0) is 24.5. The highest BCUT2D eigenvalue weighted by molar-refractivity contribution is 5.95. The van der Waals surface area contributed by atoms with Crippen molar-refractivity contribution in [3.8, 4) is 17.0 Å². The summed E-state index contributed by atoms with van der Waals surface area (Å²) in [7, 11) is 1.54. The number of aromatic amines is 1. The van der Waals surface area contributed by atoms with Crippen molar-refractivity contribution in [2.75, 3.05) is 20.2 Å². The summed E-state index contributed by atoms with van der Waals surface area (Å²) in [4.78, 5) is 38.1. The monoisotopic (exact) mass is 478 g/mol. The molecule has 1 aliphatic heterocycles. The molecular weight excluding hydrogens is 451 g/mol. The highest BCUT2D eigenvalue weighted by atomic mass is 19.1. The average Bonchev–Trinajstić information content (AvgIpc) is 3.33. The Labute approximate surface area is 201 Å². The maximum Gasteiger partial charge on any atom is 0.306 e. The molecule has 2 N–H and O–H groups in total. The lowest BCUT2D eigenvalue weighted by Gasteiger charge is -2.32. The number of ether oxygens (including phenoxy) is 1. The van der Waals surface area contributed by atoms with Crippen LogP contribution in [0.15, 0.2) is 36.7 Å². The minimum atomic E-state index is -0.761. The van der Waals surface area contributed by atoms with Crippen LogP contribution in [0.25, 0.3) is 27.9 Å². The van der Waals surface area contributed by atoms with Gasteiger partial charge in [-0.25, -0.2) is 14.4 Å². The van der Waals surface area contributed by atoms with Crippen molar-refractivity contribution in [3.05, 3.63) is 48.2 Å². The second-order valence-electron chi connectivity index (χ2n) is 9.16. The molecule has 3 heterocycles. The smallest absolute Gasteiger partial charge is 0.306 e. The SMILES string of the molecule is COc1ccc(F)cc1-c1ncnc2[nH]c(C3=CCN(C(=O)C4CCC(C(=O)O)CC4)CC3)cc12. The van der Waals surface area contributed by atoms with Crippen molar-refractivity contribution in [2.45, 2.75) is 32.1 Å². The number of carbonyl (C=O) groups excluding carboxylic acids is 1. The molecule has 0 spiro atoms. The number of amides is 1. The zero-order valence-corrected chi connectivity index (χ0v) is 19.5. The second kappa shape index (κ2) is 9.48. The topological polar surface area (TPSA) is 108 Å². The van der Waals surface area contributed by atoms with Gasteiger partial charge in [-0.3, -0.25) is 9.59 Å². The van der Waals surface area contributed by atoms with Gasteiger partial charge in [0, 0.05) is 35.7 Å². The van der Waals surface area contributed by atoms with Crippen molar-refractivity contribution < 1.29 is 23.8 Å². The molecule has 8 nitrogen and oxygen atoms in total. The summed E-state index contributed by atoms with van der Waals surface area (Å²) >= 11 is 0. The third-order valence-corrected chi connectivity index (χ3v) is 7.13. The van der Waals surface area contributed by atoms with Crippen LogP contribution in [0.2, 0.25) is 0 Å². The van der Waals surface area contributed by atoms with Crippen molar-refractivity contribution in [1.29, 1.82) is 0 Å². The van der Waals surface area contributed by atoms with E-state index in [9.17, 15) is 19.1 Å². The Hall–Kier alpha value is -3.75. The molecule has 1 fully saturated rings. The molecule has 2 aliphatic rings. The lowest BCUT2D eigenvalue weighted by Crippen LogP contribution is -2.40. The Morgan fingerprint density at radius 2 is 1.91 bits per heavy atom. The number of fused-ring (bicyclic) bond motifs is 1. The summed E-state index contributed by atoms with van der Waals surface area (Å²) in [5.41, 5.74) is 3.76. The van der Waals surface area contributed by atoms with Crippen LogP contribution in [0.4, 0.5) is 4.39 Å². The molecule has 0 unspecified atom stereocenters. The van der Waals surface area contributed by atoms with E-state index in [2.05, 4.69) is 15.0 Å². The summed E-state index contributed by atoms with van der Waals surface area (Å²) in [5, 5.41) is 9.95. The van der Waals surface area contributed by atoms with E-state index in [0.29, 0.717) is 67.8 Å². The van der Waals surface area contributed by atoms with Gasteiger partial charge >= 0.3 is 5.97 Å². The van der Waals surface area contributed by atoms with Crippen molar-refractivity contribution in [2.24, 2.45) is 11.8 Å². The van der Waals surface area contributed by atoms with Crippen LogP contribution in [-0.4, -0.2) is 57.0 Å². The molecule has 1 amide bonds. The van der Waals surface area contributed by atoms with Crippen molar-refractivity contribution in [3.63, 3.8) is 0 Å². The molecular formula is C26H27FN4O4. The number of nitrogens with zero attached hydrogens (tertiary/aromatic N) is 3. The van der Waals surface area contributed by atoms with E-state index in [1.807, 2.05) is 17.0 Å². The van der Waals surface area contributed by atoms with E-state index in [1.165, 1.54) is 25.6 Å². The number of H-pyrrole nitrogens is 1. The second-order valence-corrected chi connectivity index (χ2v) is 9.16.